The van der Waals surface area contributed by atoms with Gasteiger partial charge in [0, 0.05) is 0 Å². The van der Waals surface area contributed by atoms with Crippen LogP contribution in [0.2, 0.25) is 0 Å². The maximum absolute atomic E-state index is 9.94. The summed E-state index contributed by atoms with van der Waals surface area (Å²) < 4.78 is 19.0. The van der Waals surface area contributed by atoms with Crippen LogP contribution < -0.4 is 0 Å². The molecule has 0 heterocycles. The Hall–Kier alpha value is 0.460. The standard InChI is InChI=1S/C3H8O2S2/c1-3(2,6)7(4)5/h6H,1-2H3,(H,4,5)/p-1. The summed E-state index contributed by atoms with van der Waals surface area (Å²) in [6, 6.07) is 0. The molecule has 0 rings (SSSR count). The molecule has 0 aromatic rings. The van der Waals surface area contributed by atoms with Gasteiger partial charge in [0.05, 0.1) is 4.08 Å². The summed E-state index contributed by atoms with van der Waals surface area (Å²) in [6.45, 7) is 3.03. The van der Waals surface area contributed by atoms with Crippen LogP contribution in [0.5, 0.6) is 0 Å². The third kappa shape index (κ3) is 3.08. The second-order valence-electron chi connectivity index (χ2n) is 1.68. The van der Waals surface area contributed by atoms with Gasteiger partial charge in [0.1, 0.15) is 0 Å². The van der Waals surface area contributed by atoms with Crippen LogP contribution in [0.15, 0.2) is 0 Å². The fourth-order valence-corrected chi connectivity index (χ4v) is 0. The molecule has 4 heteroatoms. The van der Waals surface area contributed by atoms with E-state index in [0.717, 1.165) is 0 Å². The predicted octanol–water partition coefficient (Wildman–Crippen LogP) is 0.531. The van der Waals surface area contributed by atoms with Crippen LogP contribution in [0.3, 0.4) is 0 Å². The van der Waals surface area contributed by atoms with Crippen LogP contribution in [-0.2, 0) is 11.1 Å². The second-order valence-corrected chi connectivity index (χ2v) is 4.59. The third-order valence-electron chi connectivity index (χ3n) is 0.408. The molecule has 0 saturated carbocycles. The van der Waals surface area contributed by atoms with Crippen LogP contribution in [-0.4, -0.2) is 12.8 Å². The lowest BCUT2D eigenvalue weighted by Crippen LogP contribution is -2.17. The van der Waals surface area contributed by atoms with Gasteiger partial charge in [0.2, 0.25) is 0 Å². The summed E-state index contributed by atoms with van der Waals surface area (Å²) in [4.78, 5) is 0. The monoisotopic (exact) mass is 139 g/mol. The summed E-state index contributed by atoms with van der Waals surface area (Å²) in [5, 5.41) is 0. The molecule has 0 saturated heterocycles. The first-order valence-corrected chi connectivity index (χ1v) is 3.28. The SMILES string of the molecule is CC(C)(S)S(=O)[O-]. The first-order valence-electron chi connectivity index (χ1n) is 1.76. The Morgan fingerprint density at radius 2 is 1.86 bits per heavy atom. The van der Waals surface area contributed by atoms with Gasteiger partial charge in [0.15, 0.2) is 0 Å². The fraction of sp³-hybridized carbons (Fsp3) is 1.00. The Morgan fingerprint density at radius 1 is 1.71 bits per heavy atom. The lowest BCUT2D eigenvalue weighted by atomic mass is 10.5. The molecule has 1 unspecified atom stereocenters. The van der Waals surface area contributed by atoms with Crippen molar-refractivity contribution >= 4 is 23.7 Å². The van der Waals surface area contributed by atoms with Gasteiger partial charge in [-0.05, 0) is 24.9 Å². The molecule has 7 heavy (non-hydrogen) atoms. The van der Waals surface area contributed by atoms with Crippen molar-refractivity contribution in [2.24, 2.45) is 0 Å². The first-order chi connectivity index (χ1) is 2.94. The van der Waals surface area contributed by atoms with E-state index in [9.17, 15) is 8.76 Å². The molecular formula is C3H7O2S2-. The van der Waals surface area contributed by atoms with E-state index in [1.807, 2.05) is 0 Å². The molecular weight excluding hydrogens is 132 g/mol. The highest BCUT2D eigenvalue weighted by molar-refractivity contribution is 7.99. The van der Waals surface area contributed by atoms with Gasteiger partial charge in [-0.25, -0.2) is 0 Å². The smallest absolute Gasteiger partial charge is 0.0692 e. The van der Waals surface area contributed by atoms with Crippen molar-refractivity contribution in [1.29, 1.82) is 0 Å². The van der Waals surface area contributed by atoms with E-state index in [2.05, 4.69) is 12.6 Å². The van der Waals surface area contributed by atoms with E-state index >= 15 is 0 Å². The van der Waals surface area contributed by atoms with Gasteiger partial charge in [0.25, 0.3) is 0 Å². The zero-order chi connectivity index (χ0) is 6.08. The van der Waals surface area contributed by atoms with Gasteiger partial charge < -0.3 is 4.55 Å². The van der Waals surface area contributed by atoms with Crippen LogP contribution in [0, 0.1) is 0 Å². The number of hydrogen-bond acceptors (Lipinski definition) is 3. The third-order valence-corrected chi connectivity index (χ3v) is 1.67. The number of hydrogen-bond donors (Lipinski definition) is 1. The summed E-state index contributed by atoms with van der Waals surface area (Å²) >= 11 is 1.67. The summed E-state index contributed by atoms with van der Waals surface area (Å²) in [7, 11) is 0. The molecule has 0 N–H and O–H groups in total. The van der Waals surface area contributed by atoms with Gasteiger partial charge in [-0.3, -0.25) is 4.21 Å². The number of rotatable bonds is 1. The van der Waals surface area contributed by atoms with E-state index in [-0.39, 0.29) is 0 Å². The minimum absolute atomic E-state index is 0.889. The average Bonchev–Trinajstić information content (AvgIpc) is 1.31. The molecule has 2 nitrogen and oxygen atoms in total. The maximum atomic E-state index is 9.94. The molecule has 1 atom stereocenters. The first kappa shape index (κ1) is 7.46. The van der Waals surface area contributed by atoms with Gasteiger partial charge in [-0.15, -0.1) is 0 Å². The Balaban J connectivity index is 3.79. The van der Waals surface area contributed by atoms with Crippen molar-refractivity contribution in [3.63, 3.8) is 0 Å². The maximum Gasteiger partial charge on any atom is 0.0692 e. The largest absolute Gasteiger partial charge is 0.771 e. The second kappa shape index (κ2) is 2.15. The van der Waals surface area contributed by atoms with E-state index in [0.29, 0.717) is 0 Å². The molecule has 0 bridgehead atoms. The van der Waals surface area contributed by atoms with Crippen LogP contribution in [0.25, 0.3) is 0 Å². The summed E-state index contributed by atoms with van der Waals surface area (Å²) in [5.41, 5.74) is 0. The highest BCUT2D eigenvalue weighted by Crippen LogP contribution is 2.13. The van der Waals surface area contributed by atoms with Gasteiger partial charge in [-0.1, -0.05) is 0 Å². The minimum Gasteiger partial charge on any atom is -0.771 e. The highest BCUT2D eigenvalue weighted by atomic mass is 32.2. The van der Waals surface area contributed by atoms with Crippen LogP contribution in [0.1, 0.15) is 13.8 Å². The van der Waals surface area contributed by atoms with Crippen molar-refractivity contribution in [1.82, 2.24) is 0 Å². The molecule has 0 aliphatic heterocycles. The van der Waals surface area contributed by atoms with E-state index in [4.69, 9.17) is 0 Å². The lowest BCUT2D eigenvalue weighted by Gasteiger charge is -2.19. The van der Waals surface area contributed by atoms with E-state index < -0.39 is 15.2 Å². The van der Waals surface area contributed by atoms with Crippen molar-refractivity contribution < 1.29 is 8.76 Å². The highest BCUT2D eigenvalue weighted by Gasteiger charge is 2.09. The number of thiol groups is 1. The van der Waals surface area contributed by atoms with Gasteiger partial charge in [-0.2, -0.15) is 12.6 Å². The Bertz CT molecular complexity index is 83.4. The van der Waals surface area contributed by atoms with Crippen molar-refractivity contribution in [3.05, 3.63) is 0 Å². The molecule has 0 fully saturated rings. The molecule has 44 valence electrons. The topological polar surface area (TPSA) is 40.1 Å². The molecule has 0 amide bonds. The zero-order valence-corrected chi connectivity index (χ0v) is 5.88. The average molecular weight is 139 g/mol. The minimum atomic E-state index is -2.07. The lowest BCUT2D eigenvalue weighted by molar-refractivity contribution is 0.524. The van der Waals surface area contributed by atoms with E-state index in [1.54, 1.807) is 0 Å². The van der Waals surface area contributed by atoms with E-state index in [1.165, 1.54) is 13.8 Å². The molecule has 0 aromatic heterocycles. The molecule has 0 spiro atoms. The molecule has 0 aliphatic rings. The van der Waals surface area contributed by atoms with Gasteiger partial charge >= 0.3 is 0 Å². The van der Waals surface area contributed by atoms with Crippen molar-refractivity contribution in [2.45, 2.75) is 17.9 Å². The fourth-order valence-electron chi connectivity index (χ4n) is 0. The molecule has 0 aliphatic carbocycles. The van der Waals surface area contributed by atoms with Crippen LogP contribution in [0.4, 0.5) is 0 Å². The molecule has 0 aromatic carbocycles. The Kier molecular flexibility index (Phi) is 2.29. The Morgan fingerprint density at radius 3 is 1.86 bits per heavy atom. The van der Waals surface area contributed by atoms with Crippen molar-refractivity contribution in [3.8, 4) is 0 Å². The van der Waals surface area contributed by atoms with Crippen LogP contribution >= 0.6 is 12.6 Å². The summed E-state index contributed by atoms with van der Waals surface area (Å²) in [5.74, 6) is 0. The predicted molar refractivity (Wildman–Crippen MR) is 32.0 cm³/mol. The molecule has 0 radical (unpaired) electrons. The summed E-state index contributed by atoms with van der Waals surface area (Å²) in [6.07, 6.45) is 0. The quantitative estimate of drug-likeness (QED) is 0.425. The normalized spacial score (nSPS) is 16.6. The zero-order valence-electron chi connectivity index (χ0n) is 4.17. The Labute approximate surface area is 51.0 Å². The van der Waals surface area contributed by atoms with Crippen molar-refractivity contribution in [2.75, 3.05) is 0 Å².